The first-order valence-corrected chi connectivity index (χ1v) is 4.78. The summed E-state index contributed by atoms with van der Waals surface area (Å²) in [7, 11) is 0. The Hall–Kier alpha value is -0.630. The van der Waals surface area contributed by atoms with Gasteiger partial charge in [-0.15, -0.1) is 5.26 Å². The fraction of sp³-hybridized carbons (Fsp3) is 0.889. The maximum Gasteiger partial charge on any atom is 0.309 e. The predicted octanol–water partition coefficient (Wildman–Crippen LogP) is 1.37. The second-order valence-corrected chi connectivity index (χ2v) is 3.55. The summed E-state index contributed by atoms with van der Waals surface area (Å²) in [6, 6.07) is 0. The smallest absolute Gasteiger partial charge is 0.309 e. The Morgan fingerprint density at radius 3 is 2.15 bits per heavy atom. The van der Waals surface area contributed by atoms with Gasteiger partial charge in [-0.1, -0.05) is 13.8 Å². The highest BCUT2D eigenvalue weighted by Crippen LogP contribution is 2.20. The van der Waals surface area contributed by atoms with Crippen LogP contribution >= 0.6 is 0 Å². The molecule has 0 aromatic carbocycles. The SMILES string of the molecule is CCC1C[N+]([O-])(C#N)CC(CC)O1. The monoisotopic (exact) mass is 184 g/mol. The molecule has 0 spiro atoms. The molecule has 4 heteroatoms. The number of morpholine rings is 1. The van der Waals surface area contributed by atoms with E-state index in [2.05, 4.69) is 0 Å². The van der Waals surface area contributed by atoms with E-state index in [1.165, 1.54) is 0 Å². The fourth-order valence-corrected chi connectivity index (χ4v) is 1.62. The van der Waals surface area contributed by atoms with Crippen LogP contribution in [0, 0.1) is 16.7 Å². The van der Waals surface area contributed by atoms with Crippen molar-refractivity contribution in [1.29, 1.82) is 5.26 Å². The van der Waals surface area contributed by atoms with Crippen LogP contribution in [-0.2, 0) is 4.74 Å². The van der Waals surface area contributed by atoms with Crippen LogP contribution < -0.4 is 0 Å². The molecule has 0 aromatic rings. The van der Waals surface area contributed by atoms with Crippen molar-refractivity contribution in [1.82, 2.24) is 0 Å². The number of hydrogen-bond donors (Lipinski definition) is 0. The van der Waals surface area contributed by atoms with Crippen LogP contribution in [0.3, 0.4) is 0 Å². The summed E-state index contributed by atoms with van der Waals surface area (Å²) in [4.78, 5) is 0. The van der Waals surface area contributed by atoms with Crippen LogP contribution in [-0.4, -0.2) is 29.9 Å². The molecule has 0 bridgehead atoms. The Morgan fingerprint density at radius 1 is 1.38 bits per heavy atom. The predicted molar refractivity (Wildman–Crippen MR) is 48.2 cm³/mol. The lowest BCUT2D eigenvalue weighted by Crippen LogP contribution is -2.54. The Morgan fingerprint density at radius 2 is 1.85 bits per heavy atom. The lowest BCUT2D eigenvalue weighted by molar-refractivity contribution is -0.833. The van der Waals surface area contributed by atoms with Crippen molar-refractivity contribution in [2.45, 2.75) is 38.9 Å². The zero-order valence-corrected chi connectivity index (χ0v) is 8.19. The lowest BCUT2D eigenvalue weighted by atomic mass is 10.1. The summed E-state index contributed by atoms with van der Waals surface area (Å²) in [6.07, 6.45) is 3.33. The molecule has 1 saturated heterocycles. The number of hydroxylamine groups is 3. The second-order valence-electron chi connectivity index (χ2n) is 3.55. The minimum absolute atomic E-state index is 0.0455. The van der Waals surface area contributed by atoms with Crippen molar-refractivity contribution in [3.8, 4) is 6.19 Å². The first kappa shape index (κ1) is 10.5. The van der Waals surface area contributed by atoms with E-state index in [-0.39, 0.29) is 25.3 Å². The molecule has 0 aliphatic carbocycles. The minimum atomic E-state index is -0.753. The average molecular weight is 184 g/mol. The molecular weight excluding hydrogens is 168 g/mol. The van der Waals surface area contributed by atoms with E-state index in [1.807, 2.05) is 20.0 Å². The molecule has 2 atom stereocenters. The van der Waals surface area contributed by atoms with Crippen molar-refractivity contribution in [2.75, 3.05) is 13.1 Å². The van der Waals surface area contributed by atoms with Gasteiger partial charge in [0.25, 0.3) is 0 Å². The average Bonchev–Trinajstić information content (AvgIpc) is 2.17. The Kier molecular flexibility index (Phi) is 3.26. The Balaban J connectivity index is 2.66. The molecule has 1 rings (SSSR count). The first-order valence-electron chi connectivity index (χ1n) is 4.78. The largest absolute Gasteiger partial charge is 0.617 e. The molecular formula is C9H16N2O2. The summed E-state index contributed by atoms with van der Waals surface area (Å²) >= 11 is 0. The molecule has 1 aliphatic rings. The summed E-state index contributed by atoms with van der Waals surface area (Å²) in [5, 5.41) is 20.5. The molecule has 1 heterocycles. The molecule has 13 heavy (non-hydrogen) atoms. The number of rotatable bonds is 2. The number of ether oxygens (including phenoxy) is 1. The van der Waals surface area contributed by atoms with E-state index in [0.29, 0.717) is 0 Å². The molecule has 2 unspecified atom stereocenters. The molecule has 74 valence electrons. The maximum atomic E-state index is 11.7. The van der Waals surface area contributed by atoms with Crippen molar-refractivity contribution in [3.63, 3.8) is 0 Å². The van der Waals surface area contributed by atoms with Crippen molar-refractivity contribution in [2.24, 2.45) is 0 Å². The molecule has 4 nitrogen and oxygen atoms in total. The second kappa shape index (κ2) is 4.05. The van der Waals surface area contributed by atoms with Gasteiger partial charge in [0.05, 0.1) is 0 Å². The van der Waals surface area contributed by atoms with Gasteiger partial charge >= 0.3 is 6.19 Å². The highest BCUT2D eigenvalue weighted by Gasteiger charge is 2.34. The van der Waals surface area contributed by atoms with Crippen LogP contribution in [0.1, 0.15) is 26.7 Å². The zero-order chi connectivity index (χ0) is 9.90. The number of quaternary nitrogens is 1. The molecule has 1 aliphatic heterocycles. The van der Waals surface area contributed by atoms with Crippen molar-refractivity contribution >= 4 is 0 Å². The molecule has 0 saturated carbocycles. The summed E-state index contributed by atoms with van der Waals surface area (Å²) in [5.41, 5.74) is 0. The third-order valence-corrected chi connectivity index (χ3v) is 2.47. The van der Waals surface area contributed by atoms with Gasteiger partial charge in [0.1, 0.15) is 25.3 Å². The van der Waals surface area contributed by atoms with Gasteiger partial charge < -0.3 is 9.94 Å². The number of nitrogens with zero attached hydrogens (tertiary/aromatic N) is 2. The van der Waals surface area contributed by atoms with Crippen LogP contribution in [0.2, 0.25) is 0 Å². The van der Waals surface area contributed by atoms with Gasteiger partial charge in [-0.25, -0.2) is 0 Å². The Bertz CT molecular complexity index is 200. The van der Waals surface area contributed by atoms with Crippen molar-refractivity contribution in [3.05, 3.63) is 5.21 Å². The molecule has 0 N–H and O–H groups in total. The highest BCUT2D eigenvalue weighted by molar-refractivity contribution is 4.74. The van der Waals surface area contributed by atoms with Gasteiger partial charge in [0.2, 0.25) is 0 Å². The van der Waals surface area contributed by atoms with Crippen LogP contribution in [0.4, 0.5) is 0 Å². The number of nitriles is 1. The topological polar surface area (TPSA) is 56.1 Å². The van der Waals surface area contributed by atoms with E-state index >= 15 is 0 Å². The third kappa shape index (κ3) is 2.41. The van der Waals surface area contributed by atoms with Gasteiger partial charge in [-0.3, -0.25) is 4.65 Å². The van der Waals surface area contributed by atoms with Crippen LogP contribution in [0.5, 0.6) is 0 Å². The number of hydrogen-bond acceptors (Lipinski definition) is 3. The molecule has 1 fully saturated rings. The molecule has 0 radical (unpaired) electrons. The fourth-order valence-electron chi connectivity index (χ4n) is 1.62. The van der Waals surface area contributed by atoms with E-state index in [9.17, 15) is 5.21 Å². The molecule has 0 amide bonds. The van der Waals surface area contributed by atoms with E-state index in [1.54, 1.807) is 0 Å². The maximum absolute atomic E-state index is 11.7. The summed E-state index contributed by atoms with van der Waals surface area (Å²) < 4.78 is 4.86. The first-order chi connectivity index (χ1) is 6.13. The zero-order valence-electron chi connectivity index (χ0n) is 8.19. The van der Waals surface area contributed by atoms with E-state index in [0.717, 1.165) is 12.8 Å². The van der Waals surface area contributed by atoms with Crippen LogP contribution in [0.15, 0.2) is 0 Å². The summed E-state index contributed by atoms with van der Waals surface area (Å²) in [6.45, 7) is 4.52. The van der Waals surface area contributed by atoms with E-state index < -0.39 is 4.65 Å². The normalized spacial score (nSPS) is 39.8. The molecule has 0 aromatic heterocycles. The van der Waals surface area contributed by atoms with Gasteiger partial charge in [-0.05, 0) is 12.8 Å². The summed E-state index contributed by atoms with van der Waals surface area (Å²) in [5.74, 6) is 0. The lowest BCUT2D eigenvalue weighted by Gasteiger charge is -2.43. The van der Waals surface area contributed by atoms with Gasteiger partial charge in [-0.2, -0.15) is 0 Å². The van der Waals surface area contributed by atoms with Crippen molar-refractivity contribution < 1.29 is 9.38 Å². The van der Waals surface area contributed by atoms with E-state index in [4.69, 9.17) is 10.00 Å². The van der Waals surface area contributed by atoms with Gasteiger partial charge in [0, 0.05) is 0 Å². The standard InChI is InChI=1S/C9H16N2O2/c1-3-8-5-11(12,7-10)6-9(4-2)13-8/h8-9H,3-6H2,1-2H3. The third-order valence-electron chi connectivity index (χ3n) is 2.47. The van der Waals surface area contributed by atoms with Gasteiger partial charge in [0.15, 0.2) is 0 Å². The Labute approximate surface area is 78.9 Å². The quantitative estimate of drug-likeness (QED) is 0.370. The van der Waals surface area contributed by atoms with Crippen LogP contribution in [0.25, 0.3) is 0 Å². The highest BCUT2D eigenvalue weighted by atomic mass is 16.6. The minimum Gasteiger partial charge on any atom is -0.617 e.